The van der Waals surface area contributed by atoms with Crippen LogP contribution in [-0.4, -0.2) is 68.5 Å². The Morgan fingerprint density at radius 1 is 1.21 bits per heavy atom. The molecule has 0 aromatic heterocycles. The van der Waals surface area contributed by atoms with Gasteiger partial charge in [0.15, 0.2) is 0 Å². The maximum atomic E-state index is 12.3. The first kappa shape index (κ1) is 15.1. The zero-order valence-electron chi connectivity index (χ0n) is 11.5. The number of hydrogen-bond donors (Lipinski definition) is 0. The van der Waals surface area contributed by atoms with E-state index in [1.54, 1.807) is 7.05 Å². The Kier molecular flexibility index (Phi) is 5.09. The molecule has 0 radical (unpaired) electrons. The van der Waals surface area contributed by atoms with Gasteiger partial charge in [-0.3, -0.25) is 4.90 Å². The molecule has 6 heteroatoms. The van der Waals surface area contributed by atoms with Crippen molar-refractivity contribution < 1.29 is 17.9 Å². The predicted molar refractivity (Wildman–Crippen MR) is 67.1 cm³/mol. The van der Waals surface area contributed by atoms with Crippen LogP contribution in [0.5, 0.6) is 0 Å². The largest absolute Gasteiger partial charge is 0.401 e. The first-order valence-corrected chi connectivity index (χ1v) is 7.01. The van der Waals surface area contributed by atoms with Gasteiger partial charge in [0.2, 0.25) is 0 Å². The molecule has 0 bridgehead atoms. The van der Waals surface area contributed by atoms with Gasteiger partial charge in [-0.2, -0.15) is 13.2 Å². The molecule has 2 saturated heterocycles. The van der Waals surface area contributed by atoms with Gasteiger partial charge < -0.3 is 9.64 Å². The molecule has 2 heterocycles. The second kappa shape index (κ2) is 6.41. The highest BCUT2D eigenvalue weighted by Gasteiger charge is 2.33. The third-order valence-electron chi connectivity index (χ3n) is 4.15. The molecule has 0 unspecified atom stereocenters. The number of nitrogens with zero attached hydrogens (tertiary/aromatic N) is 2. The molecular weight excluding hydrogens is 257 g/mol. The van der Waals surface area contributed by atoms with E-state index in [0.29, 0.717) is 5.92 Å². The Morgan fingerprint density at radius 2 is 1.89 bits per heavy atom. The maximum Gasteiger partial charge on any atom is 0.401 e. The number of likely N-dealkylation sites (tertiary alicyclic amines) is 1. The summed E-state index contributed by atoms with van der Waals surface area (Å²) in [6.07, 6.45) is -1.30. The lowest BCUT2D eigenvalue weighted by Gasteiger charge is -2.37. The molecule has 2 rings (SSSR count). The van der Waals surface area contributed by atoms with Crippen molar-refractivity contribution in [1.29, 1.82) is 0 Å². The number of alkyl halides is 3. The Morgan fingerprint density at radius 3 is 2.42 bits per heavy atom. The molecule has 0 amide bonds. The van der Waals surface area contributed by atoms with Gasteiger partial charge in [-0.1, -0.05) is 0 Å². The van der Waals surface area contributed by atoms with Crippen LogP contribution >= 0.6 is 0 Å². The van der Waals surface area contributed by atoms with E-state index in [2.05, 4.69) is 4.90 Å². The molecule has 0 N–H and O–H groups in total. The fourth-order valence-corrected chi connectivity index (χ4v) is 3.05. The van der Waals surface area contributed by atoms with Crippen LogP contribution in [0.25, 0.3) is 0 Å². The number of ether oxygens (including phenoxy) is 1. The summed E-state index contributed by atoms with van der Waals surface area (Å²) in [5.41, 5.74) is 0. The van der Waals surface area contributed by atoms with Gasteiger partial charge in [0, 0.05) is 19.2 Å². The summed E-state index contributed by atoms with van der Waals surface area (Å²) in [4.78, 5) is 3.83. The third kappa shape index (κ3) is 4.93. The Bertz CT molecular complexity index is 272. The fraction of sp³-hybridized carbons (Fsp3) is 1.00. The SMILES string of the molecule is CN(CC(F)(F)F)C1CCN(C[C@H]2CCOC2)CC1. The topological polar surface area (TPSA) is 15.7 Å². The van der Waals surface area contributed by atoms with Crippen molar-refractivity contribution >= 4 is 0 Å². The van der Waals surface area contributed by atoms with E-state index >= 15 is 0 Å². The smallest absolute Gasteiger partial charge is 0.381 e. The van der Waals surface area contributed by atoms with E-state index in [9.17, 15) is 13.2 Å². The first-order chi connectivity index (χ1) is 8.94. The van der Waals surface area contributed by atoms with Crippen LogP contribution in [0.4, 0.5) is 13.2 Å². The van der Waals surface area contributed by atoms with E-state index in [1.807, 2.05) is 0 Å². The van der Waals surface area contributed by atoms with Crippen LogP contribution in [0.2, 0.25) is 0 Å². The summed E-state index contributed by atoms with van der Waals surface area (Å²) in [6, 6.07) is 0.0673. The Balaban J connectivity index is 1.69. The summed E-state index contributed by atoms with van der Waals surface area (Å²) in [6.45, 7) is 3.75. The molecule has 2 aliphatic heterocycles. The lowest BCUT2D eigenvalue weighted by Crippen LogP contribution is -2.47. The molecule has 0 spiro atoms. The lowest BCUT2D eigenvalue weighted by molar-refractivity contribution is -0.149. The minimum absolute atomic E-state index is 0.0673. The van der Waals surface area contributed by atoms with Crippen molar-refractivity contribution in [2.45, 2.75) is 31.5 Å². The minimum atomic E-state index is -4.09. The van der Waals surface area contributed by atoms with Crippen LogP contribution in [0, 0.1) is 5.92 Å². The van der Waals surface area contributed by atoms with Crippen molar-refractivity contribution in [2.24, 2.45) is 5.92 Å². The fourth-order valence-electron chi connectivity index (χ4n) is 3.05. The molecule has 0 saturated carbocycles. The minimum Gasteiger partial charge on any atom is -0.381 e. The highest BCUT2D eigenvalue weighted by molar-refractivity contribution is 4.81. The number of piperidine rings is 1. The van der Waals surface area contributed by atoms with Crippen molar-refractivity contribution in [2.75, 3.05) is 46.4 Å². The van der Waals surface area contributed by atoms with E-state index < -0.39 is 12.7 Å². The summed E-state index contributed by atoms with van der Waals surface area (Å²) in [5.74, 6) is 0.615. The highest BCUT2D eigenvalue weighted by atomic mass is 19.4. The molecule has 0 aromatic rings. The van der Waals surface area contributed by atoms with E-state index in [0.717, 1.165) is 52.1 Å². The van der Waals surface area contributed by atoms with E-state index in [4.69, 9.17) is 4.74 Å². The van der Waals surface area contributed by atoms with Crippen LogP contribution in [0.3, 0.4) is 0 Å². The molecule has 2 aliphatic rings. The number of hydrogen-bond acceptors (Lipinski definition) is 3. The van der Waals surface area contributed by atoms with Crippen molar-refractivity contribution in [3.8, 4) is 0 Å². The molecule has 2 fully saturated rings. The summed E-state index contributed by atoms with van der Waals surface area (Å²) in [7, 11) is 1.58. The van der Waals surface area contributed by atoms with E-state index in [-0.39, 0.29) is 6.04 Å². The van der Waals surface area contributed by atoms with Gasteiger partial charge in [-0.05, 0) is 45.3 Å². The summed E-state index contributed by atoms with van der Waals surface area (Å²) >= 11 is 0. The molecule has 0 aromatic carbocycles. The van der Waals surface area contributed by atoms with Crippen LogP contribution < -0.4 is 0 Å². The third-order valence-corrected chi connectivity index (χ3v) is 4.15. The van der Waals surface area contributed by atoms with Gasteiger partial charge in [-0.25, -0.2) is 0 Å². The van der Waals surface area contributed by atoms with Gasteiger partial charge in [-0.15, -0.1) is 0 Å². The van der Waals surface area contributed by atoms with Gasteiger partial charge in [0.25, 0.3) is 0 Å². The van der Waals surface area contributed by atoms with Crippen molar-refractivity contribution in [3.05, 3.63) is 0 Å². The van der Waals surface area contributed by atoms with Gasteiger partial charge >= 0.3 is 6.18 Å². The summed E-state index contributed by atoms with van der Waals surface area (Å²) < 4.78 is 42.4. The maximum absolute atomic E-state index is 12.3. The second-order valence-corrected chi connectivity index (χ2v) is 5.79. The highest BCUT2D eigenvalue weighted by Crippen LogP contribution is 2.23. The summed E-state index contributed by atoms with van der Waals surface area (Å²) in [5, 5.41) is 0. The average molecular weight is 280 g/mol. The molecule has 19 heavy (non-hydrogen) atoms. The molecule has 112 valence electrons. The quantitative estimate of drug-likeness (QED) is 0.783. The van der Waals surface area contributed by atoms with Crippen molar-refractivity contribution in [3.63, 3.8) is 0 Å². The molecular formula is C13H23F3N2O. The van der Waals surface area contributed by atoms with Crippen LogP contribution in [0.1, 0.15) is 19.3 Å². The first-order valence-electron chi connectivity index (χ1n) is 7.01. The second-order valence-electron chi connectivity index (χ2n) is 5.79. The van der Waals surface area contributed by atoms with Gasteiger partial charge in [0.05, 0.1) is 13.2 Å². The van der Waals surface area contributed by atoms with Gasteiger partial charge in [0.1, 0.15) is 0 Å². The number of rotatable bonds is 4. The molecule has 3 nitrogen and oxygen atoms in total. The zero-order valence-corrected chi connectivity index (χ0v) is 11.5. The Labute approximate surface area is 112 Å². The average Bonchev–Trinajstić information content (AvgIpc) is 2.80. The lowest BCUT2D eigenvalue weighted by atomic mass is 10.0. The monoisotopic (exact) mass is 280 g/mol. The standard InChI is InChI=1S/C13H23F3N2O/c1-17(10-13(14,15)16)12-2-5-18(6-3-12)8-11-4-7-19-9-11/h11-12H,2-10H2,1H3/t11-/m1/s1. The van der Waals surface area contributed by atoms with E-state index in [1.165, 1.54) is 4.90 Å². The number of halogens is 3. The Hall–Kier alpha value is -0.330. The van der Waals surface area contributed by atoms with Crippen LogP contribution in [-0.2, 0) is 4.74 Å². The van der Waals surface area contributed by atoms with Crippen molar-refractivity contribution in [1.82, 2.24) is 9.80 Å². The predicted octanol–water partition coefficient (Wildman–Crippen LogP) is 1.98. The van der Waals surface area contributed by atoms with Crippen LogP contribution in [0.15, 0.2) is 0 Å². The normalized spacial score (nSPS) is 27.3. The molecule has 1 atom stereocenters. The molecule has 0 aliphatic carbocycles. The zero-order chi connectivity index (χ0) is 13.9.